The molecule has 1 aromatic heterocycles. The number of carbonyl (C=O) groups excluding carboxylic acids is 1. The van der Waals surface area contributed by atoms with Crippen molar-refractivity contribution >= 4 is 5.91 Å². The quantitative estimate of drug-likeness (QED) is 0.918. The van der Waals surface area contributed by atoms with Crippen molar-refractivity contribution < 1.29 is 9.21 Å². The van der Waals surface area contributed by atoms with E-state index in [2.05, 4.69) is 36.5 Å². The van der Waals surface area contributed by atoms with Crippen LogP contribution >= 0.6 is 0 Å². The molecule has 0 saturated heterocycles. The molecule has 1 aliphatic carbocycles. The van der Waals surface area contributed by atoms with Crippen LogP contribution in [0.2, 0.25) is 0 Å². The zero-order valence-corrected chi connectivity index (χ0v) is 12.8. The molecule has 2 aromatic rings. The highest BCUT2D eigenvalue weighted by molar-refractivity contribution is 5.95. The van der Waals surface area contributed by atoms with Gasteiger partial charge in [-0.2, -0.15) is 0 Å². The van der Waals surface area contributed by atoms with E-state index in [1.54, 1.807) is 0 Å². The number of rotatable bonds is 4. The van der Waals surface area contributed by atoms with E-state index < -0.39 is 0 Å². The fourth-order valence-electron chi connectivity index (χ4n) is 2.75. The molecule has 110 valence electrons. The molecule has 1 atom stereocenters. The van der Waals surface area contributed by atoms with Crippen LogP contribution in [-0.2, 0) is 0 Å². The number of amides is 1. The highest BCUT2D eigenvalue weighted by atomic mass is 16.3. The first-order valence-corrected chi connectivity index (χ1v) is 7.49. The van der Waals surface area contributed by atoms with Gasteiger partial charge in [0.2, 0.25) is 0 Å². The Morgan fingerprint density at radius 3 is 2.38 bits per heavy atom. The molecule has 3 rings (SSSR count). The van der Waals surface area contributed by atoms with Crippen molar-refractivity contribution in [3.63, 3.8) is 0 Å². The number of nitrogens with one attached hydrogen (secondary N) is 1. The van der Waals surface area contributed by atoms with Gasteiger partial charge in [-0.05, 0) is 51.2 Å². The van der Waals surface area contributed by atoms with Crippen molar-refractivity contribution in [2.45, 2.75) is 39.7 Å². The van der Waals surface area contributed by atoms with Gasteiger partial charge in [0.05, 0.1) is 11.6 Å². The van der Waals surface area contributed by atoms with E-state index in [1.807, 2.05) is 19.9 Å². The second-order valence-electron chi connectivity index (χ2n) is 6.03. The fraction of sp³-hybridized carbons (Fsp3) is 0.389. The average molecular weight is 283 g/mol. The summed E-state index contributed by atoms with van der Waals surface area (Å²) in [4.78, 5) is 12.5. The molecule has 0 aliphatic heterocycles. The second-order valence-corrected chi connectivity index (χ2v) is 6.03. The fourth-order valence-corrected chi connectivity index (χ4v) is 2.75. The number of hydrogen-bond acceptors (Lipinski definition) is 2. The Bertz CT molecular complexity index is 650. The molecule has 1 N–H and O–H groups in total. The van der Waals surface area contributed by atoms with Gasteiger partial charge in [-0.25, -0.2) is 0 Å². The third kappa shape index (κ3) is 3.02. The van der Waals surface area contributed by atoms with E-state index in [-0.39, 0.29) is 11.9 Å². The minimum Gasteiger partial charge on any atom is -0.466 e. The molecular weight excluding hydrogens is 262 g/mol. The molecule has 1 amide bonds. The number of furan rings is 1. The lowest BCUT2D eigenvalue weighted by molar-refractivity contribution is 0.0930. The van der Waals surface area contributed by atoms with Crippen LogP contribution < -0.4 is 5.32 Å². The number of aryl methyl sites for hydroxylation is 3. The molecule has 1 heterocycles. The minimum atomic E-state index is -0.0400. The SMILES string of the molecule is Cc1ccc([C@@H](NC(=O)c2cc(C)oc2C)C2CC2)cc1. The largest absolute Gasteiger partial charge is 0.466 e. The molecule has 0 radical (unpaired) electrons. The van der Waals surface area contributed by atoms with Gasteiger partial charge in [-0.1, -0.05) is 29.8 Å². The first kappa shape index (κ1) is 13.9. The predicted octanol–water partition coefficient (Wildman–Crippen LogP) is 4.09. The van der Waals surface area contributed by atoms with Gasteiger partial charge < -0.3 is 9.73 Å². The van der Waals surface area contributed by atoms with Crippen molar-refractivity contribution in [2.75, 3.05) is 0 Å². The summed E-state index contributed by atoms with van der Waals surface area (Å²) < 4.78 is 5.45. The van der Waals surface area contributed by atoms with E-state index in [0.717, 1.165) is 5.76 Å². The zero-order chi connectivity index (χ0) is 15.0. The Morgan fingerprint density at radius 1 is 1.19 bits per heavy atom. The zero-order valence-electron chi connectivity index (χ0n) is 12.8. The van der Waals surface area contributed by atoms with E-state index in [9.17, 15) is 4.79 Å². The molecule has 0 bridgehead atoms. The molecule has 1 aliphatic rings. The average Bonchev–Trinajstić information content (AvgIpc) is 3.22. The highest BCUT2D eigenvalue weighted by Crippen LogP contribution is 2.41. The molecular formula is C18H21NO2. The number of hydrogen-bond donors (Lipinski definition) is 1. The lowest BCUT2D eigenvalue weighted by Crippen LogP contribution is -2.30. The van der Waals surface area contributed by atoms with Gasteiger partial charge in [-0.3, -0.25) is 4.79 Å². The van der Waals surface area contributed by atoms with E-state index in [0.29, 0.717) is 17.2 Å². The topological polar surface area (TPSA) is 42.2 Å². The molecule has 1 saturated carbocycles. The van der Waals surface area contributed by atoms with Crippen molar-refractivity contribution in [1.82, 2.24) is 5.32 Å². The van der Waals surface area contributed by atoms with Crippen molar-refractivity contribution in [3.05, 3.63) is 58.5 Å². The standard InChI is InChI=1S/C18H21NO2/c1-11-4-6-14(7-5-11)17(15-8-9-15)19-18(20)16-10-12(2)21-13(16)3/h4-7,10,15,17H,8-9H2,1-3H3,(H,19,20)/t17-/m1/s1. The van der Waals surface area contributed by atoms with E-state index in [1.165, 1.54) is 24.0 Å². The Labute approximate surface area is 125 Å². The van der Waals surface area contributed by atoms with Gasteiger partial charge in [0.25, 0.3) is 5.91 Å². The Balaban J connectivity index is 1.81. The summed E-state index contributed by atoms with van der Waals surface area (Å²) in [7, 11) is 0. The van der Waals surface area contributed by atoms with Crippen molar-refractivity contribution in [1.29, 1.82) is 0 Å². The summed E-state index contributed by atoms with van der Waals surface area (Å²) in [6, 6.07) is 10.4. The summed E-state index contributed by atoms with van der Waals surface area (Å²) in [6.07, 6.45) is 2.37. The first-order chi connectivity index (χ1) is 10.0. The summed E-state index contributed by atoms with van der Waals surface area (Å²) in [5, 5.41) is 3.19. The monoisotopic (exact) mass is 283 g/mol. The van der Waals surface area contributed by atoms with Crippen LogP contribution in [0, 0.1) is 26.7 Å². The normalized spacial score (nSPS) is 15.8. The Morgan fingerprint density at radius 2 is 1.86 bits per heavy atom. The maximum absolute atomic E-state index is 12.5. The van der Waals surface area contributed by atoms with E-state index >= 15 is 0 Å². The summed E-state index contributed by atoms with van der Waals surface area (Å²) in [5.74, 6) is 1.98. The van der Waals surface area contributed by atoms with Crippen LogP contribution in [0.1, 0.15) is 51.9 Å². The third-order valence-electron chi connectivity index (χ3n) is 4.10. The van der Waals surface area contributed by atoms with Gasteiger partial charge in [-0.15, -0.1) is 0 Å². The molecule has 3 nitrogen and oxygen atoms in total. The molecule has 21 heavy (non-hydrogen) atoms. The molecule has 1 fully saturated rings. The maximum Gasteiger partial charge on any atom is 0.255 e. The molecule has 1 aromatic carbocycles. The van der Waals surface area contributed by atoms with Gasteiger partial charge in [0.1, 0.15) is 11.5 Å². The number of benzene rings is 1. The Hall–Kier alpha value is -2.03. The molecule has 0 spiro atoms. The van der Waals surface area contributed by atoms with Gasteiger partial charge in [0.15, 0.2) is 0 Å². The lowest BCUT2D eigenvalue weighted by Gasteiger charge is -2.19. The van der Waals surface area contributed by atoms with Gasteiger partial charge in [0, 0.05) is 0 Å². The maximum atomic E-state index is 12.5. The van der Waals surface area contributed by atoms with Crippen LogP contribution in [0.5, 0.6) is 0 Å². The predicted molar refractivity (Wildman–Crippen MR) is 82.3 cm³/mol. The second kappa shape index (κ2) is 5.40. The smallest absolute Gasteiger partial charge is 0.255 e. The van der Waals surface area contributed by atoms with Crippen LogP contribution in [0.25, 0.3) is 0 Å². The summed E-state index contributed by atoms with van der Waals surface area (Å²) >= 11 is 0. The Kier molecular flexibility index (Phi) is 3.58. The van der Waals surface area contributed by atoms with Crippen LogP contribution in [-0.4, -0.2) is 5.91 Å². The lowest BCUT2D eigenvalue weighted by atomic mass is 10.0. The van der Waals surface area contributed by atoms with Crippen LogP contribution in [0.15, 0.2) is 34.7 Å². The number of carbonyl (C=O) groups is 1. The van der Waals surface area contributed by atoms with Crippen LogP contribution in [0.3, 0.4) is 0 Å². The summed E-state index contributed by atoms with van der Waals surface area (Å²) in [5.41, 5.74) is 3.07. The highest BCUT2D eigenvalue weighted by Gasteiger charge is 2.34. The van der Waals surface area contributed by atoms with Gasteiger partial charge >= 0.3 is 0 Å². The third-order valence-corrected chi connectivity index (χ3v) is 4.10. The summed E-state index contributed by atoms with van der Waals surface area (Å²) in [6.45, 7) is 5.77. The van der Waals surface area contributed by atoms with E-state index in [4.69, 9.17) is 4.42 Å². The van der Waals surface area contributed by atoms with Crippen molar-refractivity contribution in [2.24, 2.45) is 5.92 Å². The first-order valence-electron chi connectivity index (χ1n) is 7.49. The minimum absolute atomic E-state index is 0.0400. The van der Waals surface area contributed by atoms with Crippen molar-refractivity contribution in [3.8, 4) is 0 Å². The molecule has 0 unspecified atom stereocenters. The molecule has 3 heteroatoms. The van der Waals surface area contributed by atoms with Crippen LogP contribution in [0.4, 0.5) is 0 Å².